The van der Waals surface area contributed by atoms with E-state index in [2.05, 4.69) is 21.3 Å². The van der Waals surface area contributed by atoms with Gasteiger partial charge in [0.2, 0.25) is 0 Å². The van der Waals surface area contributed by atoms with Crippen LogP contribution in [0.25, 0.3) is 0 Å². The Balaban J connectivity index is 0.986. The molecule has 0 saturated heterocycles. The van der Waals surface area contributed by atoms with Gasteiger partial charge in [-0.05, 0) is 135 Å². The predicted molar refractivity (Wildman–Crippen MR) is 209 cm³/mol. The van der Waals surface area contributed by atoms with E-state index in [0.29, 0.717) is 22.7 Å². The van der Waals surface area contributed by atoms with Crippen LogP contribution in [0.4, 0.5) is 32.3 Å². The molecule has 0 aliphatic heterocycles. The Bertz CT molecular complexity index is 2320. The zero-order valence-corrected chi connectivity index (χ0v) is 31.0. The van der Waals surface area contributed by atoms with Crippen molar-refractivity contribution in [2.24, 2.45) is 0 Å². The van der Waals surface area contributed by atoms with Crippen LogP contribution < -0.4 is 34.4 Å². The van der Waals surface area contributed by atoms with Crippen LogP contribution in [-0.2, 0) is 20.2 Å². The highest BCUT2D eigenvalue weighted by Gasteiger charge is 2.19. The van der Waals surface area contributed by atoms with Crippen LogP contribution in [0, 0.1) is 13.8 Å². The van der Waals surface area contributed by atoms with Crippen molar-refractivity contribution in [1.29, 1.82) is 0 Å². The van der Waals surface area contributed by atoms with E-state index in [9.17, 15) is 26.4 Å². The summed E-state index contributed by atoms with van der Waals surface area (Å²) >= 11 is 0. The summed E-state index contributed by atoms with van der Waals surface area (Å²) in [5.41, 5.74) is 4.22. The van der Waals surface area contributed by atoms with Crippen LogP contribution in [0.1, 0.15) is 11.1 Å². The third-order valence-corrected chi connectivity index (χ3v) is 10.2. The number of carbonyl (C=O) groups excluding carboxylic acids is 2. The molecule has 0 aliphatic carbocycles. The van der Waals surface area contributed by atoms with Gasteiger partial charge in [-0.2, -0.15) is 16.8 Å². The SMILES string of the molecule is Cc1ccc(NC(=O)Nc2ccc(OS(=O)(=O)c3ccc(Oc4ccc(S(=O)(=O)Oc5ccc(NC(=O)Nc6ccc(C)cc6)cc5)cc4)cc3)cc2)cc1. The van der Waals surface area contributed by atoms with Crippen molar-refractivity contribution < 1.29 is 39.5 Å². The van der Waals surface area contributed by atoms with Gasteiger partial charge < -0.3 is 34.4 Å². The van der Waals surface area contributed by atoms with E-state index in [0.717, 1.165) is 11.1 Å². The number of carbonyl (C=O) groups is 2. The Kier molecular flexibility index (Phi) is 11.3. The fraction of sp³-hybridized carbons (Fsp3) is 0.0500. The van der Waals surface area contributed by atoms with Gasteiger partial charge in [-0.15, -0.1) is 0 Å². The van der Waals surface area contributed by atoms with Crippen molar-refractivity contribution in [3.63, 3.8) is 0 Å². The summed E-state index contributed by atoms with van der Waals surface area (Å²) in [6, 6.07) is 36.3. The molecule has 13 nitrogen and oxygen atoms in total. The lowest BCUT2D eigenvalue weighted by Gasteiger charge is -2.11. The molecule has 0 aromatic heterocycles. The highest BCUT2D eigenvalue weighted by atomic mass is 32.2. The molecule has 6 aromatic carbocycles. The number of aryl methyl sites for hydroxylation is 2. The lowest BCUT2D eigenvalue weighted by atomic mass is 10.2. The topological polar surface area (TPSA) is 178 Å². The van der Waals surface area contributed by atoms with E-state index >= 15 is 0 Å². The van der Waals surface area contributed by atoms with Crippen molar-refractivity contribution in [3.05, 3.63) is 157 Å². The first-order valence-electron chi connectivity index (χ1n) is 16.6. The van der Waals surface area contributed by atoms with Gasteiger partial charge in [0.25, 0.3) is 0 Å². The van der Waals surface area contributed by atoms with E-state index < -0.39 is 32.3 Å². The number of rotatable bonds is 12. The summed E-state index contributed by atoms with van der Waals surface area (Å²) in [6.45, 7) is 3.88. The molecule has 0 saturated carbocycles. The number of hydrogen-bond acceptors (Lipinski definition) is 9. The van der Waals surface area contributed by atoms with E-state index in [1.807, 2.05) is 38.1 Å². The molecule has 15 heteroatoms. The van der Waals surface area contributed by atoms with E-state index in [4.69, 9.17) is 13.1 Å². The van der Waals surface area contributed by atoms with Crippen molar-refractivity contribution in [3.8, 4) is 23.0 Å². The second kappa shape index (κ2) is 16.4. The van der Waals surface area contributed by atoms with Crippen LogP contribution in [0.3, 0.4) is 0 Å². The zero-order valence-electron chi connectivity index (χ0n) is 29.3. The molecule has 0 atom stereocenters. The van der Waals surface area contributed by atoms with Gasteiger partial charge in [0, 0.05) is 22.7 Å². The maximum absolute atomic E-state index is 12.9. The Morgan fingerprint density at radius 3 is 0.927 bits per heavy atom. The largest absolute Gasteiger partial charge is 0.457 e. The molecule has 0 bridgehead atoms. The number of nitrogens with one attached hydrogen (secondary N) is 4. The molecule has 0 fully saturated rings. The monoisotopic (exact) mass is 778 g/mol. The van der Waals surface area contributed by atoms with Crippen LogP contribution in [0.2, 0.25) is 0 Å². The van der Waals surface area contributed by atoms with Crippen molar-refractivity contribution in [2.45, 2.75) is 23.6 Å². The number of benzene rings is 6. The lowest BCUT2D eigenvalue weighted by Crippen LogP contribution is -2.19. The van der Waals surface area contributed by atoms with Gasteiger partial charge in [0.1, 0.15) is 32.8 Å². The maximum Gasteiger partial charge on any atom is 0.339 e. The minimum absolute atomic E-state index is 0.0384. The van der Waals surface area contributed by atoms with Crippen LogP contribution in [0.5, 0.6) is 23.0 Å². The average molecular weight is 779 g/mol. The van der Waals surface area contributed by atoms with Gasteiger partial charge in [-0.1, -0.05) is 35.4 Å². The zero-order chi connectivity index (χ0) is 39.0. The molecule has 4 amide bonds. The molecule has 0 radical (unpaired) electrons. The van der Waals surface area contributed by atoms with Gasteiger partial charge >= 0.3 is 32.3 Å². The summed E-state index contributed by atoms with van der Waals surface area (Å²) in [5, 5.41) is 10.8. The molecular weight excluding hydrogens is 745 g/mol. The first kappa shape index (κ1) is 37.9. The van der Waals surface area contributed by atoms with E-state index in [-0.39, 0.29) is 32.8 Å². The summed E-state index contributed by atoms with van der Waals surface area (Å²) in [6.07, 6.45) is 0. The number of ether oxygens (including phenoxy) is 1. The normalized spacial score (nSPS) is 11.2. The van der Waals surface area contributed by atoms with E-state index in [1.165, 1.54) is 97.1 Å². The quantitative estimate of drug-likeness (QED) is 0.0883. The van der Waals surface area contributed by atoms with Crippen molar-refractivity contribution in [1.82, 2.24) is 0 Å². The molecule has 0 unspecified atom stereocenters. The molecule has 55 heavy (non-hydrogen) atoms. The molecule has 6 rings (SSSR count). The number of hydrogen-bond donors (Lipinski definition) is 4. The molecule has 0 aliphatic rings. The van der Waals surface area contributed by atoms with Crippen LogP contribution in [-0.4, -0.2) is 28.9 Å². The second-order valence-electron chi connectivity index (χ2n) is 12.1. The molecule has 6 aromatic rings. The fourth-order valence-corrected chi connectivity index (χ4v) is 6.74. The lowest BCUT2D eigenvalue weighted by molar-refractivity contribution is 0.261. The van der Waals surface area contributed by atoms with Crippen molar-refractivity contribution >= 4 is 55.0 Å². The Hall–Kier alpha value is -6.84. The van der Waals surface area contributed by atoms with Crippen LogP contribution in [0.15, 0.2) is 155 Å². The second-order valence-corrected chi connectivity index (χ2v) is 15.2. The standard InChI is InChI=1S/C40H34N4O9S2/c1-27-3-7-29(8-4-27)41-39(45)43-31-11-15-35(16-12-31)52-54(47,48)37-23-19-33(20-24-37)51-34-21-25-38(26-22-34)55(49,50)53-36-17-13-32(14-18-36)44-40(46)42-30-9-5-28(2)6-10-30/h3-26H,1-2H3,(H2,41,43,45)(H2,42,44,46). The minimum Gasteiger partial charge on any atom is -0.457 e. The third kappa shape index (κ3) is 10.6. The Morgan fingerprint density at radius 2 is 0.636 bits per heavy atom. The first-order valence-corrected chi connectivity index (χ1v) is 19.4. The molecule has 0 spiro atoms. The van der Waals surface area contributed by atoms with Crippen LogP contribution >= 0.6 is 0 Å². The Morgan fingerprint density at radius 1 is 0.382 bits per heavy atom. The average Bonchev–Trinajstić information content (AvgIpc) is 3.15. The Labute approximate surface area is 318 Å². The highest BCUT2D eigenvalue weighted by molar-refractivity contribution is 7.87. The minimum atomic E-state index is -4.21. The molecular formula is C40H34N4O9S2. The summed E-state index contributed by atoms with van der Waals surface area (Å²) in [4.78, 5) is 24.3. The van der Waals surface area contributed by atoms with E-state index in [1.54, 1.807) is 24.3 Å². The number of urea groups is 2. The summed E-state index contributed by atoms with van der Waals surface area (Å²) in [7, 11) is -8.42. The number of anilines is 4. The smallest absolute Gasteiger partial charge is 0.339 e. The summed E-state index contributed by atoms with van der Waals surface area (Å²) in [5.74, 6) is 0.644. The summed E-state index contributed by atoms with van der Waals surface area (Å²) < 4.78 is 68.0. The number of amides is 4. The van der Waals surface area contributed by atoms with Gasteiger partial charge in [0.05, 0.1) is 0 Å². The van der Waals surface area contributed by atoms with Gasteiger partial charge in [-0.25, -0.2) is 9.59 Å². The molecule has 280 valence electrons. The third-order valence-electron chi connectivity index (χ3n) is 7.72. The predicted octanol–water partition coefficient (Wildman–Crippen LogP) is 8.92. The highest BCUT2D eigenvalue weighted by Crippen LogP contribution is 2.28. The fourth-order valence-electron chi connectivity index (χ4n) is 4.88. The molecule has 4 N–H and O–H groups in total. The molecule has 0 heterocycles. The maximum atomic E-state index is 12.9. The first-order chi connectivity index (χ1) is 26.3. The van der Waals surface area contributed by atoms with Crippen molar-refractivity contribution in [2.75, 3.05) is 21.3 Å². The van der Waals surface area contributed by atoms with Gasteiger partial charge in [-0.3, -0.25) is 0 Å². The van der Waals surface area contributed by atoms with Gasteiger partial charge in [0.15, 0.2) is 0 Å².